The Labute approximate surface area is 183 Å². The van der Waals surface area contributed by atoms with Crippen LogP contribution < -0.4 is 10.6 Å². The number of aromatic nitrogens is 1. The molecule has 0 aliphatic heterocycles. The van der Waals surface area contributed by atoms with Crippen molar-refractivity contribution in [2.45, 2.75) is 47.5 Å². The molecule has 1 amide bonds. The summed E-state index contributed by atoms with van der Waals surface area (Å²) in [4.78, 5) is 17.0. The number of rotatable bonds is 7. The summed E-state index contributed by atoms with van der Waals surface area (Å²) in [6, 6.07) is 16.1. The molecule has 0 spiro atoms. The number of nitrogens with one attached hydrogen (secondary N) is 2. The largest absolute Gasteiger partial charge is 0.332 e. The molecule has 3 rings (SSSR count). The first kappa shape index (κ1) is 22.0. The highest BCUT2D eigenvalue weighted by molar-refractivity contribution is 7.14. The summed E-state index contributed by atoms with van der Waals surface area (Å²) in [5.41, 5.74) is 5.27. The Morgan fingerprint density at radius 2 is 1.67 bits per heavy atom. The Kier molecular flexibility index (Phi) is 6.93. The molecule has 0 unspecified atom stereocenters. The summed E-state index contributed by atoms with van der Waals surface area (Å²) in [7, 11) is 0. The predicted molar refractivity (Wildman–Crippen MR) is 128 cm³/mol. The van der Waals surface area contributed by atoms with E-state index in [4.69, 9.17) is 0 Å². The molecule has 0 saturated carbocycles. The maximum Gasteiger partial charge on any atom is 0.224 e. The molecule has 3 aromatic rings. The van der Waals surface area contributed by atoms with Crippen LogP contribution in [0.25, 0.3) is 11.3 Å². The molecule has 0 fully saturated rings. The second kappa shape index (κ2) is 9.43. The van der Waals surface area contributed by atoms with Gasteiger partial charge in [-0.3, -0.25) is 4.79 Å². The van der Waals surface area contributed by atoms with Crippen molar-refractivity contribution in [2.75, 3.05) is 10.6 Å². The number of hydrogen-bond donors (Lipinski definition) is 2. The van der Waals surface area contributed by atoms with Crippen LogP contribution in [0.2, 0.25) is 0 Å². The summed E-state index contributed by atoms with van der Waals surface area (Å²) in [5.74, 6) is 0.427. The van der Waals surface area contributed by atoms with Crippen molar-refractivity contribution in [1.29, 1.82) is 0 Å². The maximum absolute atomic E-state index is 12.3. The lowest BCUT2D eigenvalue weighted by Gasteiger charge is -2.22. The Bertz CT molecular complexity index is 969. The summed E-state index contributed by atoms with van der Waals surface area (Å²) in [5, 5.41) is 9.25. The van der Waals surface area contributed by atoms with E-state index in [0.717, 1.165) is 34.2 Å². The number of anilines is 3. The molecule has 4 nitrogen and oxygen atoms in total. The van der Waals surface area contributed by atoms with Gasteiger partial charge in [-0.15, -0.1) is 11.3 Å². The van der Waals surface area contributed by atoms with E-state index in [1.54, 1.807) is 11.3 Å². The highest BCUT2D eigenvalue weighted by atomic mass is 32.1. The summed E-state index contributed by atoms with van der Waals surface area (Å²) in [6.45, 7) is 10.8. The topological polar surface area (TPSA) is 54.0 Å². The molecule has 1 aromatic heterocycles. The lowest BCUT2D eigenvalue weighted by molar-refractivity contribution is -0.117. The van der Waals surface area contributed by atoms with Crippen molar-refractivity contribution in [3.05, 3.63) is 59.5 Å². The monoisotopic (exact) mass is 421 g/mol. The molecule has 0 aliphatic rings. The summed E-state index contributed by atoms with van der Waals surface area (Å²) < 4.78 is 0. The van der Waals surface area contributed by atoms with Gasteiger partial charge in [-0.25, -0.2) is 4.98 Å². The minimum Gasteiger partial charge on any atom is -0.332 e. The lowest BCUT2D eigenvalue weighted by atomic mass is 9.84. The second-order valence-electron chi connectivity index (χ2n) is 9.23. The van der Waals surface area contributed by atoms with Gasteiger partial charge in [0.25, 0.3) is 0 Å². The van der Waals surface area contributed by atoms with Crippen LogP contribution in [0.3, 0.4) is 0 Å². The number of carbonyl (C=O) groups excluding carboxylic acids is 1. The van der Waals surface area contributed by atoms with Crippen LogP contribution in [-0.4, -0.2) is 10.9 Å². The van der Waals surface area contributed by atoms with Crippen LogP contribution in [0.4, 0.5) is 16.5 Å². The van der Waals surface area contributed by atoms with Crippen LogP contribution >= 0.6 is 11.3 Å². The third-order valence-electron chi connectivity index (χ3n) is 4.77. The van der Waals surface area contributed by atoms with E-state index in [2.05, 4.69) is 74.5 Å². The highest BCUT2D eigenvalue weighted by Gasteiger charge is 2.17. The van der Waals surface area contributed by atoms with Gasteiger partial charge in [-0.1, -0.05) is 57.5 Å². The van der Waals surface area contributed by atoms with Crippen LogP contribution in [0.15, 0.2) is 53.9 Å². The molecule has 5 heteroatoms. The first-order valence-electron chi connectivity index (χ1n) is 10.4. The van der Waals surface area contributed by atoms with Crippen molar-refractivity contribution in [2.24, 2.45) is 11.3 Å². The highest BCUT2D eigenvalue weighted by Crippen LogP contribution is 2.29. The zero-order chi connectivity index (χ0) is 21.7. The molecular formula is C25H31N3OS. The van der Waals surface area contributed by atoms with Crippen LogP contribution in [0, 0.1) is 18.3 Å². The maximum atomic E-state index is 12.3. The molecule has 30 heavy (non-hydrogen) atoms. The zero-order valence-electron chi connectivity index (χ0n) is 18.5. The van der Waals surface area contributed by atoms with Crippen molar-refractivity contribution in [3.8, 4) is 11.3 Å². The molecular weight excluding hydrogens is 390 g/mol. The minimum absolute atomic E-state index is 0.0674. The molecule has 1 atom stereocenters. The quantitative estimate of drug-likeness (QED) is 0.422. The third kappa shape index (κ3) is 6.70. The van der Waals surface area contributed by atoms with Gasteiger partial charge in [-0.2, -0.15) is 0 Å². The number of benzene rings is 2. The van der Waals surface area contributed by atoms with Gasteiger partial charge in [0.05, 0.1) is 5.69 Å². The molecule has 0 saturated heterocycles. The smallest absolute Gasteiger partial charge is 0.224 e. The van der Waals surface area contributed by atoms with Crippen molar-refractivity contribution in [3.63, 3.8) is 0 Å². The Morgan fingerprint density at radius 3 is 2.30 bits per heavy atom. The number of hydrogen-bond acceptors (Lipinski definition) is 4. The van der Waals surface area contributed by atoms with Gasteiger partial charge in [0.1, 0.15) is 0 Å². The second-order valence-corrected chi connectivity index (χ2v) is 10.1. The Morgan fingerprint density at radius 1 is 1.03 bits per heavy atom. The molecule has 0 aliphatic carbocycles. The molecule has 2 aromatic carbocycles. The van der Waals surface area contributed by atoms with Gasteiger partial charge in [0.2, 0.25) is 5.91 Å². The first-order valence-corrected chi connectivity index (χ1v) is 11.3. The van der Waals surface area contributed by atoms with Gasteiger partial charge in [0.15, 0.2) is 5.13 Å². The average Bonchev–Trinajstić information content (AvgIpc) is 3.11. The summed E-state index contributed by atoms with van der Waals surface area (Å²) >= 11 is 1.58. The Balaban J connectivity index is 1.57. The Hall–Kier alpha value is -2.66. The van der Waals surface area contributed by atoms with Crippen LogP contribution in [0.5, 0.6) is 0 Å². The van der Waals surface area contributed by atoms with Gasteiger partial charge >= 0.3 is 0 Å². The first-order chi connectivity index (χ1) is 14.2. The van der Waals surface area contributed by atoms with Crippen molar-refractivity contribution in [1.82, 2.24) is 4.98 Å². The number of thiazole rings is 1. The SMILES string of the molecule is Cc1ccc(Nc2nc(-c3ccc(NC(=O)C[C@H](C)CC(C)(C)C)cc3)cs2)cc1. The van der Waals surface area contributed by atoms with E-state index in [1.165, 1.54) is 5.56 Å². The van der Waals surface area contributed by atoms with Crippen LogP contribution in [-0.2, 0) is 4.79 Å². The molecule has 1 heterocycles. The van der Waals surface area contributed by atoms with Crippen molar-refractivity contribution >= 4 is 33.8 Å². The average molecular weight is 422 g/mol. The summed E-state index contributed by atoms with van der Waals surface area (Å²) in [6.07, 6.45) is 1.57. The minimum atomic E-state index is 0.0674. The number of carbonyl (C=O) groups is 1. The zero-order valence-corrected chi connectivity index (χ0v) is 19.3. The number of amides is 1. The lowest BCUT2D eigenvalue weighted by Crippen LogP contribution is -2.18. The van der Waals surface area contributed by atoms with E-state index < -0.39 is 0 Å². The molecule has 158 valence electrons. The van der Waals surface area contributed by atoms with Gasteiger partial charge in [0, 0.05) is 28.7 Å². The van der Waals surface area contributed by atoms with E-state index in [0.29, 0.717) is 12.3 Å². The molecule has 0 bridgehead atoms. The fourth-order valence-corrected chi connectivity index (χ4v) is 4.33. The van der Waals surface area contributed by atoms with Crippen molar-refractivity contribution < 1.29 is 4.79 Å². The van der Waals surface area contributed by atoms with Gasteiger partial charge in [-0.05, 0) is 48.9 Å². The molecule has 2 N–H and O–H groups in total. The van der Waals surface area contributed by atoms with Crippen LogP contribution in [0.1, 0.15) is 46.1 Å². The van der Waals surface area contributed by atoms with E-state index in [9.17, 15) is 4.79 Å². The fourth-order valence-electron chi connectivity index (χ4n) is 3.59. The van der Waals surface area contributed by atoms with E-state index in [-0.39, 0.29) is 11.3 Å². The van der Waals surface area contributed by atoms with E-state index >= 15 is 0 Å². The number of aryl methyl sites for hydroxylation is 1. The standard InChI is InChI=1S/C25H31N3OS/c1-17-6-10-21(11-7-17)27-24-28-22(16-30-24)19-8-12-20(13-9-19)26-23(29)14-18(2)15-25(3,4)5/h6-13,16,18H,14-15H2,1-5H3,(H,26,29)(H,27,28)/t18-/m0/s1. The fraction of sp³-hybridized carbons (Fsp3) is 0.360. The molecule has 0 radical (unpaired) electrons. The predicted octanol–water partition coefficient (Wildman–Crippen LogP) is 7.26. The van der Waals surface area contributed by atoms with Gasteiger partial charge < -0.3 is 10.6 Å². The van der Waals surface area contributed by atoms with E-state index in [1.807, 2.05) is 29.6 Å². The third-order valence-corrected chi connectivity index (χ3v) is 5.52. The normalized spacial score (nSPS) is 12.4. The number of nitrogens with zero attached hydrogens (tertiary/aromatic N) is 1.